The summed E-state index contributed by atoms with van der Waals surface area (Å²) in [6.45, 7) is 4.85. The largest absolute Gasteiger partial charge is 0.378 e. The van der Waals surface area contributed by atoms with Crippen LogP contribution in [0.5, 0.6) is 0 Å². The zero-order chi connectivity index (χ0) is 12.3. The summed E-state index contributed by atoms with van der Waals surface area (Å²) in [4.78, 5) is 11.5. The van der Waals surface area contributed by atoms with Crippen molar-refractivity contribution in [1.29, 1.82) is 0 Å². The summed E-state index contributed by atoms with van der Waals surface area (Å²) in [5, 5.41) is 0. The van der Waals surface area contributed by atoms with Gasteiger partial charge in [-0.3, -0.25) is 4.79 Å². The maximum atomic E-state index is 11.5. The van der Waals surface area contributed by atoms with E-state index in [1.165, 1.54) is 25.7 Å². The number of hydrogen-bond donors (Lipinski definition) is 0. The van der Waals surface area contributed by atoms with E-state index in [-0.39, 0.29) is 0 Å². The van der Waals surface area contributed by atoms with Crippen LogP contribution in [0.4, 0.5) is 0 Å². The molecule has 4 atom stereocenters. The van der Waals surface area contributed by atoms with E-state index >= 15 is 0 Å². The summed E-state index contributed by atoms with van der Waals surface area (Å²) in [5.41, 5.74) is 0. The van der Waals surface area contributed by atoms with Gasteiger partial charge in [0.25, 0.3) is 0 Å². The van der Waals surface area contributed by atoms with Crippen LogP contribution in [-0.4, -0.2) is 18.5 Å². The van der Waals surface area contributed by atoms with Gasteiger partial charge in [-0.25, -0.2) is 0 Å². The number of hydrogen-bond acceptors (Lipinski definition) is 2. The number of rotatable bonds is 4. The minimum absolute atomic E-state index is 0.365. The molecule has 0 N–H and O–H groups in total. The van der Waals surface area contributed by atoms with Crippen molar-refractivity contribution in [3.05, 3.63) is 0 Å². The Labute approximate surface area is 105 Å². The predicted molar refractivity (Wildman–Crippen MR) is 68.9 cm³/mol. The zero-order valence-electron chi connectivity index (χ0n) is 11.3. The van der Waals surface area contributed by atoms with E-state index in [0.717, 1.165) is 37.7 Å². The quantitative estimate of drug-likeness (QED) is 0.748. The Morgan fingerprint density at radius 1 is 1.12 bits per heavy atom. The maximum absolute atomic E-state index is 11.5. The lowest BCUT2D eigenvalue weighted by Crippen LogP contribution is -2.35. The highest BCUT2D eigenvalue weighted by Crippen LogP contribution is 2.43. The molecule has 98 valence electrons. The van der Waals surface area contributed by atoms with Gasteiger partial charge in [-0.05, 0) is 63.7 Å². The molecule has 0 aliphatic heterocycles. The van der Waals surface area contributed by atoms with Gasteiger partial charge in [0.05, 0.1) is 6.10 Å². The summed E-state index contributed by atoms with van der Waals surface area (Å²) in [6.07, 6.45) is 8.89. The zero-order valence-corrected chi connectivity index (χ0v) is 11.3. The molecular weight excluding hydrogens is 212 g/mol. The first-order valence-electron chi connectivity index (χ1n) is 7.32. The molecule has 2 aliphatic rings. The fourth-order valence-corrected chi connectivity index (χ4v) is 3.65. The van der Waals surface area contributed by atoms with Crippen molar-refractivity contribution < 1.29 is 9.53 Å². The van der Waals surface area contributed by atoms with Crippen molar-refractivity contribution in [3.63, 3.8) is 0 Å². The van der Waals surface area contributed by atoms with E-state index < -0.39 is 0 Å². The number of carbonyl (C=O) groups is 1. The Balaban J connectivity index is 1.82. The van der Waals surface area contributed by atoms with Crippen molar-refractivity contribution in [3.8, 4) is 0 Å². The highest BCUT2D eigenvalue weighted by Gasteiger charge is 2.36. The van der Waals surface area contributed by atoms with Gasteiger partial charge in [0.15, 0.2) is 0 Å². The summed E-state index contributed by atoms with van der Waals surface area (Å²) >= 11 is 0. The van der Waals surface area contributed by atoms with Gasteiger partial charge in [-0.1, -0.05) is 6.92 Å². The molecule has 0 radical (unpaired) electrons. The first-order chi connectivity index (χ1) is 8.20. The highest BCUT2D eigenvalue weighted by atomic mass is 16.5. The van der Waals surface area contributed by atoms with Gasteiger partial charge in [0, 0.05) is 12.5 Å². The molecule has 0 heterocycles. The second-order valence-corrected chi connectivity index (χ2v) is 5.95. The summed E-state index contributed by atoms with van der Waals surface area (Å²) in [5.74, 6) is 2.41. The fourth-order valence-electron chi connectivity index (χ4n) is 3.65. The third kappa shape index (κ3) is 3.31. The molecule has 0 amide bonds. The van der Waals surface area contributed by atoms with Crippen LogP contribution in [0.25, 0.3) is 0 Å². The van der Waals surface area contributed by atoms with Crippen LogP contribution in [0.15, 0.2) is 0 Å². The molecule has 0 spiro atoms. The van der Waals surface area contributed by atoms with Crippen molar-refractivity contribution in [2.24, 2.45) is 17.8 Å². The van der Waals surface area contributed by atoms with Crippen molar-refractivity contribution in [2.75, 3.05) is 6.61 Å². The number of Topliss-reactive ketones (excluding diaryl/α,β-unsaturated/α-hetero) is 1. The molecule has 2 aliphatic carbocycles. The Morgan fingerprint density at radius 2 is 1.82 bits per heavy atom. The number of ketones is 1. The smallest absolute Gasteiger partial charge is 0.132 e. The second kappa shape index (κ2) is 5.99. The monoisotopic (exact) mass is 238 g/mol. The fraction of sp³-hybridized carbons (Fsp3) is 0.933. The maximum Gasteiger partial charge on any atom is 0.132 e. The molecule has 2 rings (SSSR count). The SMILES string of the molecule is CCCOC1CCC2CC(C(C)=O)CCC2C1. The van der Waals surface area contributed by atoms with Crippen LogP contribution in [0.2, 0.25) is 0 Å². The lowest BCUT2D eigenvalue weighted by atomic mass is 9.66. The first kappa shape index (κ1) is 13.1. The minimum atomic E-state index is 0.365. The summed E-state index contributed by atoms with van der Waals surface area (Å²) < 4.78 is 5.89. The molecule has 0 aromatic heterocycles. The van der Waals surface area contributed by atoms with Crippen molar-refractivity contribution in [2.45, 2.75) is 64.9 Å². The lowest BCUT2D eigenvalue weighted by molar-refractivity contribution is -0.123. The van der Waals surface area contributed by atoms with Crippen LogP contribution < -0.4 is 0 Å². The van der Waals surface area contributed by atoms with E-state index in [2.05, 4.69) is 6.92 Å². The molecule has 2 heteroatoms. The van der Waals surface area contributed by atoms with E-state index in [1.54, 1.807) is 6.92 Å². The van der Waals surface area contributed by atoms with Crippen LogP contribution in [0, 0.1) is 17.8 Å². The van der Waals surface area contributed by atoms with E-state index in [1.807, 2.05) is 0 Å². The molecule has 0 aromatic carbocycles. The van der Waals surface area contributed by atoms with Gasteiger partial charge in [-0.15, -0.1) is 0 Å². The first-order valence-corrected chi connectivity index (χ1v) is 7.32. The summed E-state index contributed by atoms with van der Waals surface area (Å²) in [6, 6.07) is 0. The lowest BCUT2D eigenvalue weighted by Gasteiger charge is -2.41. The third-order valence-corrected chi connectivity index (χ3v) is 4.70. The van der Waals surface area contributed by atoms with Gasteiger partial charge in [-0.2, -0.15) is 0 Å². The third-order valence-electron chi connectivity index (χ3n) is 4.70. The van der Waals surface area contributed by atoms with Crippen LogP contribution >= 0.6 is 0 Å². The topological polar surface area (TPSA) is 26.3 Å². The van der Waals surface area contributed by atoms with Crippen LogP contribution in [-0.2, 0) is 9.53 Å². The van der Waals surface area contributed by atoms with Gasteiger partial charge >= 0.3 is 0 Å². The molecule has 0 aromatic rings. The molecule has 4 unspecified atom stereocenters. The van der Waals surface area contributed by atoms with E-state index in [0.29, 0.717) is 17.8 Å². The minimum Gasteiger partial charge on any atom is -0.378 e. The Morgan fingerprint density at radius 3 is 2.53 bits per heavy atom. The molecule has 0 saturated heterocycles. The molecule has 2 saturated carbocycles. The molecule has 17 heavy (non-hydrogen) atoms. The van der Waals surface area contributed by atoms with Crippen molar-refractivity contribution in [1.82, 2.24) is 0 Å². The molecular formula is C15H26O2. The number of fused-ring (bicyclic) bond motifs is 1. The van der Waals surface area contributed by atoms with Crippen LogP contribution in [0.3, 0.4) is 0 Å². The number of ether oxygens (including phenoxy) is 1. The van der Waals surface area contributed by atoms with Crippen LogP contribution in [0.1, 0.15) is 58.8 Å². The number of carbonyl (C=O) groups excluding carboxylic acids is 1. The van der Waals surface area contributed by atoms with Gasteiger partial charge in [0.1, 0.15) is 5.78 Å². The Bertz CT molecular complexity index is 262. The standard InChI is InChI=1S/C15H26O2/c1-3-8-17-15-7-6-13-9-12(11(2)16)4-5-14(13)10-15/h12-15H,3-10H2,1-2H3. The summed E-state index contributed by atoms with van der Waals surface area (Å²) in [7, 11) is 0. The molecule has 2 fully saturated rings. The normalized spacial score (nSPS) is 37.5. The second-order valence-electron chi connectivity index (χ2n) is 5.95. The van der Waals surface area contributed by atoms with Crippen molar-refractivity contribution >= 4 is 5.78 Å². The van der Waals surface area contributed by atoms with E-state index in [9.17, 15) is 4.79 Å². The molecule has 2 nitrogen and oxygen atoms in total. The van der Waals surface area contributed by atoms with Gasteiger partial charge < -0.3 is 4.74 Å². The Hall–Kier alpha value is -0.370. The average Bonchev–Trinajstić information content (AvgIpc) is 2.35. The highest BCUT2D eigenvalue weighted by molar-refractivity contribution is 5.78. The predicted octanol–water partition coefficient (Wildman–Crippen LogP) is 3.59. The van der Waals surface area contributed by atoms with Gasteiger partial charge in [0.2, 0.25) is 0 Å². The molecule has 0 bridgehead atoms. The van der Waals surface area contributed by atoms with E-state index in [4.69, 9.17) is 4.74 Å². The Kier molecular flexibility index (Phi) is 4.61. The average molecular weight is 238 g/mol.